The third kappa shape index (κ3) is 4.59. The van der Waals surface area contributed by atoms with Gasteiger partial charge in [0.05, 0.1) is 17.6 Å². The number of anilines is 2. The number of aromatic nitrogens is 2. The molecule has 1 N–H and O–H groups in total. The van der Waals surface area contributed by atoms with Crippen molar-refractivity contribution < 1.29 is 9.53 Å². The summed E-state index contributed by atoms with van der Waals surface area (Å²) in [5.74, 6) is 0.747. The molecule has 0 saturated heterocycles. The van der Waals surface area contributed by atoms with E-state index >= 15 is 0 Å². The van der Waals surface area contributed by atoms with Crippen molar-refractivity contribution in [1.82, 2.24) is 9.97 Å². The molecule has 0 aliphatic heterocycles. The van der Waals surface area contributed by atoms with Crippen LogP contribution in [0.1, 0.15) is 35.3 Å². The molecule has 4 rings (SSSR count). The summed E-state index contributed by atoms with van der Waals surface area (Å²) in [6.07, 6.45) is 1.57. The predicted molar refractivity (Wildman–Crippen MR) is 127 cm³/mol. The van der Waals surface area contributed by atoms with E-state index in [1.54, 1.807) is 29.8 Å². The second-order valence-electron chi connectivity index (χ2n) is 8.05. The maximum Gasteiger partial charge on any atom is 0.338 e. The molecule has 5 nitrogen and oxygen atoms in total. The van der Waals surface area contributed by atoms with Gasteiger partial charge in [-0.3, -0.25) is 0 Å². The van der Waals surface area contributed by atoms with Crippen LogP contribution in [0.25, 0.3) is 21.3 Å². The number of benzene rings is 2. The fraction of sp³-hybridized carbons (Fsp3) is 0.240. The van der Waals surface area contributed by atoms with E-state index in [1.807, 2.05) is 26.0 Å². The molecule has 6 heteroatoms. The van der Waals surface area contributed by atoms with E-state index in [0.29, 0.717) is 18.1 Å². The molecular weight excluding hydrogens is 406 g/mol. The summed E-state index contributed by atoms with van der Waals surface area (Å²) in [7, 11) is 0. The van der Waals surface area contributed by atoms with Gasteiger partial charge in [0.15, 0.2) is 0 Å². The SMILES string of the molecule is Cc1ccc(-c2csc3ncnc(Nc4ccc(C(=O)OCC(C)C)cc4)c23)cc1C. The van der Waals surface area contributed by atoms with Gasteiger partial charge in [0, 0.05) is 16.6 Å². The standard InChI is InChI=1S/C25H25N3O2S/c1-15(2)12-30-25(29)18-7-9-20(10-8-18)28-23-22-21(13-31-24(22)27-14-26-23)19-6-5-16(3)17(4)11-19/h5-11,13-15H,12H2,1-4H3,(H,26,27,28). The summed E-state index contributed by atoms with van der Waals surface area (Å²) in [6, 6.07) is 13.7. The van der Waals surface area contributed by atoms with Gasteiger partial charge in [-0.05, 0) is 60.7 Å². The van der Waals surface area contributed by atoms with Crippen molar-refractivity contribution in [2.24, 2.45) is 5.92 Å². The highest BCUT2D eigenvalue weighted by Gasteiger charge is 2.14. The topological polar surface area (TPSA) is 64.1 Å². The largest absolute Gasteiger partial charge is 0.462 e. The summed E-state index contributed by atoms with van der Waals surface area (Å²) >= 11 is 1.61. The van der Waals surface area contributed by atoms with Crippen LogP contribution in [0, 0.1) is 19.8 Å². The lowest BCUT2D eigenvalue weighted by Gasteiger charge is -2.10. The number of thiophene rings is 1. The first-order valence-corrected chi connectivity index (χ1v) is 11.1. The molecule has 2 aromatic carbocycles. The number of nitrogens with one attached hydrogen (secondary N) is 1. The van der Waals surface area contributed by atoms with Crippen LogP contribution in [0.2, 0.25) is 0 Å². The van der Waals surface area contributed by atoms with Gasteiger partial charge in [0.25, 0.3) is 0 Å². The van der Waals surface area contributed by atoms with Crippen LogP contribution in [0.15, 0.2) is 54.2 Å². The Balaban J connectivity index is 1.62. The Morgan fingerprint density at radius 3 is 2.55 bits per heavy atom. The number of carbonyl (C=O) groups excluding carboxylic acids is 1. The predicted octanol–water partition coefficient (Wildman–Crippen LogP) is 6.53. The number of ether oxygens (including phenoxy) is 1. The van der Waals surface area contributed by atoms with Gasteiger partial charge in [-0.2, -0.15) is 0 Å². The van der Waals surface area contributed by atoms with E-state index in [4.69, 9.17) is 4.74 Å². The van der Waals surface area contributed by atoms with Gasteiger partial charge >= 0.3 is 5.97 Å². The van der Waals surface area contributed by atoms with E-state index < -0.39 is 0 Å². The second kappa shape index (κ2) is 8.86. The lowest BCUT2D eigenvalue weighted by molar-refractivity contribution is 0.0459. The number of nitrogens with zero attached hydrogens (tertiary/aromatic N) is 2. The lowest BCUT2D eigenvalue weighted by Crippen LogP contribution is -2.10. The van der Waals surface area contributed by atoms with Crippen LogP contribution >= 0.6 is 11.3 Å². The molecule has 0 bridgehead atoms. The third-order valence-electron chi connectivity index (χ3n) is 5.12. The molecule has 0 fully saturated rings. The van der Waals surface area contributed by atoms with Crippen molar-refractivity contribution in [2.45, 2.75) is 27.7 Å². The number of carbonyl (C=O) groups is 1. The zero-order valence-corrected chi connectivity index (χ0v) is 18.9. The molecule has 31 heavy (non-hydrogen) atoms. The van der Waals surface area contributed by atoms with Gasteiger partial charge in [0.2, 0.25) is 0 Å². The lowest BCUT2D eigenvalue weighted by atomic mass is 10.0. The molecule has 158 valence electrons. The maximum absolute atomic E-state index is 12.1. The molecular formula is C25H25N3O2S. The Morgan fingerprint density at radius 1 is 1.06 bits per heavy atom. The fourth-order valence-corrected chi connectivity index (χ4v) is 4.16. The molecule has 2 aromatic heterocycles. The van der Waals surface area contributed by atoms with E-state index in [1.165, 1.54) is 11.1 Å². The number of aryl methyl sites for hydroxylation is 2. The van der Waals surface area contributed by atoms with E-state index in [-0.39, 0.29) is 5.97 Å². The highest BCUT2D eigenvalue weighted by atomic mass is 32.1. The molecule has 0 atom stereocenters. The van der Waals surface area contributed by atoms with Crippen molar-refractivity contribution in [2.75, 3.05) is 11.9 Å². The molecule has 4 aromatic rings. The zero-order valence-electron chi connectivity index (χ0n) is 18.1. The molecule has 0 unspecified atom stereocenters. The Kier molecular flexibility index (Phi) is 6.00. The van der Waals surface area contributed by atoms with Crippen LogP contribution in [0.3, 0.4) is 0 Å². The average molecular weight is 432 g/mol. The fourth-order valence-electron chi connectivity index (χ4n) is 3.24. The minimum Gasteiger partial charge on any atom is -0.462 e. The molecule has 0 amide bonds. The number of esters is 1. The van der Waals surface area contributed by atoms with Crippen molar-refractivity contribution >= 4 is 39.0 Å². The van der Waals surface area contributed by atoms with Gasteiger partial charge in [-0.1, -0.05) is 32.0 Å². The molecule has 0 saturated carbocycles. The van der Waals surface area contributed by atoms with Gasteiger partial charge in [0.1, 0.15) is 17.0 Å². The summed E-state index contributed by atoms with van der Waals surface area (Å²) in [4.78, 5) is 22.0. The van der Waals surface area contributed by atoms with Gasteiger partial charge < -0.3 is 10.1 Å². The highest BCUT2D eigenvalue weighted by Crippen LogP contribution is 2.38. The molecule has 0 aliphatic carbocycles. The molecule has 2 heterocycles. The van der Waals surface area contributed by atoms with Crippen LogP contribution < -0.4 is 5.32 Å². The van der Waals surface area contributed by atoms with Crippen molar-refractivity contribution in [3.63, 3.8) is 0 Å². The number of hydrogen-bond donors (Lipinski definition) is 1. The van der Waals surface area contributed by atoms with E-state index in [2.05, 4.69) is 52.7 Å². The van der Waals surface area contributed by atoms with Crippen LogP contribution in [0.4, 0.5) is 11.5 Å². The van der Waals surface area contributed by atoms with Crippen LogP contribution in [0.5, 0.6) is 0 Å². The van der Waals surface area contributed by atoms with Crippen molar-refractivity contribution in [3.8, 4) is 11.1 Å². The Bertz CT molecular complexity index is 1230. The second-order valence-corrected chi connectivity index (χ2v) is 8.90. The minimum atomic E-state index is -0.306. The highest BCUT2D eigenvalue weighted by molar-refractivity contribution is 7.17. The minimum absolute atomic E-state index is 0.306. The quantitative estimate of drug-likeness (QED) is 0.352. The zero-order chi connectivity index (χ0) is 22.0. The Labute approximate surface area is 186 Å². The smallest absolute Gasteiger partial charge is 0.338 e. The average Bonchev–Trinajstić information content (AvgIpc) is 3.20. The molecule has 0 spiro atoms. The first-order valence-electron chi connectivity index (χ1n) is 10.3. The van der Waals surface area contributed by atoms with Gasteiger partial charge in [-0.25, -0.2) is 14.8 Å². The normalized spacial score (nSPS) is 11.1. The van der Waals surface area contributed by atoms with Crippen molar-refractivity contribution in [3.05, 3.63) is 70.9 Å². The molecule has 0 radical (unpaired) electrons. The summed E-state index contributed by atoms with van der Waals surface area (Å²) in [5, 5.41) is 6.51. The Hall–Kier alpha value is -3.25. The monoisotopic (exact) mass is 431 g/mol. The van der Waals surface area contributed by atoms with Crippen molar-refractivity contribution in [1.29, 1.82) is 0 Å². The summed E-state index contributed by atoms with van der Waals surface area (Å²) in [5.41, 5.74) is 6.16. The summed E-state index contributed by atoms with van der Waals surface area (Å²) in [6.45, 7) is 8.68. The first-order chi connectivity index (χ1) is 14.9. The number of rotatable bonds is 6. The van der Waals surface area contributed by atoms with E-state index in [9.17, 15) is 4.79 Å². The van der Waals surface area contributed by atoms with Crippen LogP contribution in [-0.2, 0) is 4.74 Å². The Morgan fingerprint density at radius 2 is 1.84 bits per heavy atom. The van der Waals surface area contributed by atoms with Gasteiger partial charge in [-0.15, -0.1) is 11.3 Å². The first kappa shape index (κ1) is 21.0. The maximum atomic E-state index is 12.1. The molecule has 0 aliphatic rings. The summed E-state index contributed by atoms with van der Waals surface area (Å²) < 4.78 is 5.30. The number of hydrogen-bond acceptors (Lipinski definition) is 6. The van der Waals surface area contributed by atoms with Crippen LogP contribution in [-0.4, -0.2) is 22.5 Å². The van der Waals surface area contributed by atoms with E-state index in [0.717, 1.165) is 32.8 Å². The third-order valence-corrected chi connectivity index (χ3v) is 6.01. The number of fused-ring (bicyclic) bond motifs is 1.